The van der Waals surface area contributed by atoms with Crippen LogP contribution in [-0.2, 0) is 17.8 Å². The van der Waals surface area contributed by atoms with Crippen LogP contribution in [0.4, 0.5) is 5.69 Å². The maximum absolute atomic E-state index is 12.5. The molecule has 0 radical (unpaired) electrons. The molecule has 1 aromatic heterocycles. The zero-order valence-corrected chi connectivity index (χ0v) is 16.7. The number of nitrogens with one attached hydrogen (secondary N) is 2. The topological polar surface area (TPSA) is 91.2 Å². The minimum atomic E-state index is -0.567. The lowest BCUT2D eigenvalue weighted by molar-refractivity contribution is -0.116. The Balaban J connectivity index is 2.12. The Hall–Kier alpha value is -3.12. The molecule has 2 rings (SSSR count). The first-order valence-electron chi connectivity index (χ1n) is 9.18. The van der Waals surface area contributed by atoms with Crippen LogP contribution in [0.3, 0.4) is 0 Å². The molecule has 1 heterocycles. The van der Waals surface area contributed by atoms with Crippen LogP contribution < -0.4 is 11.1 Å². The molecule has 1 aromatic carbocycles. The number of hydrogen-bond donors (Lipinski definition) is 3. The summed E-state index contributed by atoms with van der Waals surface area (Å²) in [6.07, 6.45) is 8.44. The van der Waals surface area contributed by atoms with Gasteiger partial charge in [0.15, 0.2) is 0 Å². The van der Waals surface area contributed by atoms with Crippen LogP contribution in [-0.4, -0.2) is 35.8 Å². The molecule has 0 bridgehead atoms. The minimum absolute atomic E-state index is 0.173. The number of amides is 2. The Morgan fingerprint density at radius 3 is 2.68 bits per heavy atom. The van der Waals surface area contributed by atoms with Gasteiger partial charge in [-0.25, -0.2) is 0 Å². The van der Waals surface area contributed by atoms with Gasteiger partial charge in [0.05, 0.1) is 11.3 Å². The van der Waals surface area contributed by atoms with Gasteiger partial charge >= 0.3 is 0 Å². The molecule has 4 N–H and O–H groups in total. The van der Waals surface area contributed by atoms with Crippen molar-refractivity contribution in [2.24, 2.45) is 5.73 Å². The van der Waals surface area contributed by atoms with Gasteiger partial charge in [0.1, 0.15) is 0 Å². The van der Waals surface area contributed by atoms with Gasteiger partial charge in [-0.2, -0.15) is 0 Å². The van der Waals surface area contributed by atoms with Gasteiger partial charge in [-0.3, -0.25) is 9.59 Å². The van der Waals surface area contributed by atoms with Crippen molar-refractivity contribution in [3.05, 3.63) is 65.0 Å². The van der Waals surface area contributed by atoms with Crippen LogP contribution in [0.2, 0.25) is 0 Å². The minimum Gasteiger partial charge on any atom is -0.366 e. The zero-order valence-electron chi connectivity index (χ0n) is 16.7. The number of allylic oxidation sites excluding steroid dienone is 1. The van der Waals surface area contributed by atoms with Crippen molar-refractivity contribution in [3.8, 4) is 0 Å². The highest BCUT2D eigenvalue weighted by atomic mass is 16.2. The average Bonchev–Trinajstić information content (AvgIpc) is 3.01. The van der Waals surface area contributed by atoms with Crippen molar-refractivity contribution < 1.29 is 9.59 Å². The molecule has 148 valence electrons. The van der Waals surface area contributed by atoms with Crippen molar-refractivity contribution in [2.45, 2.75) is 26.3 Å². The largest absolute Gasteiger partial charge is 0.366 e. The van der Waals surface area contributed by atoms with E-state index in [1.807, 2.05) is 50.3 Å². The van der Waals surface area contributed by atoms with E-state index in [4.69, 9.17) is 5.73 Å². The highest BCUT2D eigenvalue weighted by molar-refractivity contribution is 6.03. The Morgan fingerprint density at radius 1 is 1.32 bits per heavy atom. The lowest BCUT2D eigenvalue weighted by atomic mass is 10.0. The summed E-state index contributed by atoms with van der Waals surface area (Å²) in [4.78, 5) is 29.4. The first-order chi connectivity index (χ1) is 13.3. The second kappa shape index (κ2) is 9.71. The summed E-state index contributed by atoms with van der Waals surface area (Å²) in [6.45, 7) is 6.50. The number of aryl methyl sites for hydroxylation is 1. The third kappa shape index (κ3) is 5.44. The molecular formula is C22H28N4O2. The summed E-state index contributed by atoms with van der Waals surface area (Å²) in [6, 6.07) is 5.30. The van der Waals surface area contributed by atoms with Gasteiger partial charge in [0.25, 0.3) is 5.91 Å². The van der Waals surface area contributed by atoms with E-state index in [0.29, 0.717) is 24.2 Å². The molecule has 0 saturated heterocycles. The van der Waals surface area contributed by atoms with E-state index in [0.717, 1.165) is 22.4 Å². The lowest BCUT2D eigenvalue weighted by Gasteiger charge is -2.14. The molecule has 6 heteroatoms. The average molecular weight is 380 g/mol. The van der Waals surface area contributed by atoms with E-state index < -0.39 is 5.91 Å². The van der Waals surface area contributed by atoms with Gasteiger partial charge in [0.2, 0.25) is 5.91 Å². The number of aromatic nitrogens is 1. The molecule has 0 atom stereocenters. The number of H-pyrrole nitrogens is 1. The number of benzene rings is 1. The van der Waals surface area contributed by atoms with Crippen molar-refractivity contribution in [1.29, 1.82) is 0 Å². The molecule has 6 nitrogen and oxygen atoms in total. The molecular weight excluding hydrogens is 352 g/mol. The Morgan fingerprint density at radius 2 is 2.07 bits per heavy atom. The van der Waals surface area contributed by atoms with Gasteiger partial charge in [0, 0.05) is 30.4 Å². The third-order valence-corrected chi connectivity index (χ3v) is 4.32. The number of rotatable bonds is 9. The second-order valence-electron chi connectivity index (χ2n) is 6.88. The molecule has 2 amide bonds. The van der Waals surface area contributed by atoms with Crippen LogP contribution in [0.1, 0.15) is 46.1 Å². The maximum atomic E-state index is 12.5. The van der Waals surface area contributed by atoms with Crippen molar-refractivity contribution >= 4 is 29.7 Å². The van der Waals surface area contributed by atoms with Crippen molar-refractivity contribution in [1.82, 2.24) is 9.88 Å². The SMILES string of the molecule is C=Cc1c(CCC(=O)Nc2cc(CN(C)C)ccc2C(N)=O)c[nH]c1/C=C\C. The number of hydrogen-bond acceptors (Lipinski definition) is 3. The van der Waals surface area contributed by atoms with Crippen LogP contribution >= 0.6 is 0 Å². The Kier molecular flexibility index (Phi) is 7.35. The molecule has 0 spiro atoms. The second-order valence-corrected chi connectivity index (χ2v) is 6.88. The molecule has 0 aliphatic heterocycles. The van der Waals surface area contributed by atoms with Gasteiger partial charge in [-0.15, -0.1) is 0 Å². The molecule has 0 unspecified atom stereocenters. The van der Waals surface area contributed by atoms with Crippen LogP contribution in [0, 0.1) is 0 Å². The number of nitrogens with zero attached hydrogens (tertiary/aromatic N) is 1. The van der Waals surface area contributed by atoms with Gasteiger partial charge < -0.3 is 20.9 Å². The summed E-state index contributed by atoms with van der Waals surface area (Å²) < 4.78 is 0. The summed E-state index contributed by atoms with van der Waals surface area (Å²) in [5.74, 6) is -0.740. The third-order valence-electron chi connectivity index (χ3n) is 4.32. The van der Waals surface area contributed by atoms with E-state index in [1.54, 1.807) is 18.2 Å². The standard InChI is InChI=1S/C22H28N4O2/c1-5-7-19-17(6-2)16(13-24-19)9-11-21(27)25-20-12-15(14-26(3)4)8-10-18(20)22(23)28/h5-8,10,12-13,24H,2,9,11,14H2,1,3-4H3,(H2,23,28)(H,25,27)/b7-5-. The molecule has 0 aliphatic carbocycles. The predicted octanol–water partition coefficient (Wildman–Crippen LogP) is 3.42. The smallest absolute Gasteiger partial charge is 0.250 e. The number of aromatic amines is 1. The molecule has 2 aromatic rings. The van der Waals surface area contributed by atoms with Crippen LogP contribution in [0.25, 0.3) is 12.2 Å². The first kappa shape index (κ1) is 21.2. The molecule has 28 heavy (non-hydrogen) atoms. The van der Waals surface area contributed by atoms with E-state index >= 15 is 0 Å². The normalized spacial score (nSPS) is 11.1. The van der Waals surface area contributed by atoms with Crippen molar-refractivity contribution in [2.75, 3.05) is 19.4 Å². The van der Waals surface area contributed by atoms with E-state index in [2.05, 4.69) is 16.9 Å². The highest BCUT2D eigenvalue weighted by Crippen LogP contribution is 2.21. The number of carbonyl (C=O) groups excluding carboxylic acids is 2. The molecule has 0 aliphatic rings. The van der Waals surface area contributed by atoms with Crippen LogP contribution in [0.5, 0.6) is 0 Å². The Bertz CT molecular complexity index is 894. The fourth-order valence-corrected chi connectivity index (χ4v) is 3.08. The van der Waals surface area contributed by atoms with Crippen molar-refractivity contribution in [3.63, 3.8) is 0 Å². The summed E-state index contributed by atoms with van der Waals surface area (Å²) in [7, 11) is 3.91. The van der Waals surface area contributed by atoms with E-state index in [9.17, 15) is 9.59 Å². The van der Waals surface area contributed by atoms with Gasteiger partial charge in [-0.05, 0) is 56.8 Å². The van der Waals surface area contributed by atoms with E-state index in [-0.39, 0.29) is 12.3 Å². The zero-order chi connectivity index (χ0) is 20.7. The van der Waals surface area contributed by atoms with E-state index in [1.165, 1.54) is 0 Å². The number of anilines is 1. The lowest BCUT2D eigenvalue weighted by Crippen LogP contribution is -2.19. The number of carbonyl (C=O) groups is 2. The first-order valence-corrected chi connectivity index (χ1v) is 9.18. The summed E-state index contributed by atoms with van der Waals surface area (Å²) >= 11 is 0. The number of primary amides is 1. The van der Waals surface area contributed by atoms with Crippen LogP contribution in [0.15, 0.2) is 37.1 Å². The highest BCUT2D eigenvalue weighted by Gasteiger charge is 2.14. The summed E-state index contributed by atoms with van der Waals surface area (Å²) in [5.41, 5.74) is 10.2. The molecule has 0 fully saturated rings. The predicted molar refractivity (Wildman–Crippen MR) is 115 cm³/mol. The quantitative estimate of drug-likeness (QED) is 0.622. The monoisotopic (exact) mass is 380 g/mol. The maximum Gasteiger partial charge on any atom is 0.250 e. The summed E-state index contributed by atoms with van der Waals surface area (Å²) in [5, 5.41) is 2.84. The Labute approximate surface area is 166 Å². The fraction of sp³-hybridized carbons (Fsp3) is 0.273. The fourth-order valence-electron chi connectivity index (χ4n) is 3.08. The van der Waals surface area contributed by atoms with Gasteiger partial charge in [-0.1, -0.05) is 24.8 Å². The molecule has 0 saturated carbocycles. The number of nitrogens with two attached hydrogens (primary N) is 1.